The molecule has 0 saturated heterocycles. The van der Waals surface area contributed by atoms with Crippen LogP contribution in [0.3, 0.4) is 0 Å². The lowest BCUT2D eigenvalue weighted by Gasteiger charge is -2.21. The summed E-state index contributed by atoms with van der Waals surface area (Å²) in [5.41, 5.74) is 3.36. The predicted octanol–water partition coefficient (Wildman–Crippen LogP) is 4.48. The Morgan fingerprint density at radius 3 is 2.55 bits per heavy atom. The Morgan fingerprint density at radius 1 is 1.20 bits per heavy atom. The smallest absolute Gasteiger partial charge is 0.173 e. The van der Waals surface area contributed by atoms with Crippen molar-refractivity contribution in [3.63, 3.8) is 0 Å². The summed E-state index contributed by atoms with van der Waals surface area (Å²) in [6.07, 6.45) is 0. The minimum atomic E-state index is 0.689. The molecule has 20 heavy (non-hydrogen) atoms. The van der Waals surface area contributed by atoms with Gasteiger partial charge in [-0.3, -0.25) is 0 Å². The Kier molecular flexibility index (Phi) is 4.99. The van der Waals surface area contributed by atoms with Gasteiger partial charge >= 0.3 is 0 Å². The molecule has 2 rings (SSSR count). The molecular formula is C16H17ClN2S. The van der Waals surface area contributed by atoms with Crippen LogP contribution in [0.15, 0.2) is 48.5 Å². The van der Waals surface area contributed by atoms with Crippen molar-refractivity contribution in [3.05, 3.63) is 64.7 Å². The normalized spacial score (nSPS) is 10.2. The number of nitrogens with zero attached hydrogens (tertiary/aromatic N) is 1. The van der Waals surface area contributed by atoms with Gasteiger partial charge in [-0.1, -0.05) is 41.4 Å². The number of nitrogens with one attached hydrogen (secondary N) is 1. The zero-order valence-electron chi connectivity index (χ0n) is 11.6. The van der Waals surface area contributed by atoms with Crippen LogP contribution in [0.4, 0.5) is 5.69 Å². The van der Waals surface area contributed by atoms with E-state index in [0.29, 0.717) is 5.11 Å². The van der Waals surface area contributed by atoms with Gasteiger partial charge in [-0.05, 0) is 49.0 Å². The molecule has 0 heterocycles. The van der Waals surface area contributed by atoms with E-state index < -0.39 is 0 Å². The highest BCUT2D eigenvalue weighted by Crippen LogP contribution is 2.13. The molecule has 0 aliphatic rings. The number of halogens is 1. The van der Waals surface area contributed by atoms with E-state index in [9.17, 15) is 0 Å². The third-order valence-corrected chi connectivity index (χ3v) is 3.61. The van der Waals surface area contributed by atoms with E-state index in [1.54, 1.807) is 0 Å². The van der Waals surface area contributed by atoms with Crippen molar-refractivity contribution in [2.75, 3.05) is 12.4 Å². The molecule has 1 N–H and O–H groups in total. The SMILES string of the molecule is Cc1ccc(NC(=S)N(C)Cc2cccc(Cl)c2)cc1. The van der Waals surface area contributed by atoms with Crippen LogP contribution in [0.1, 0.15) is 11.1 Å². The second-order valence-corrected chi connectivity index (χ2v) is 5.61. The molecule has 2 aromatic rings. The molecule has 0 radical (unpaired) electrons. The highest BCUT2D eigenvalue weighted by Gasteiger charge is 2.06. The standard InChI is InChI=1S/C16H17ClN2S/c1-12-6-8-15(9-7-12)18-16(20)19(2)11-13-4-3-5-14(17)10-13/h3-10H,11H2,1-2H3,(H,18,20). The first-order valence-electron chi connectivity index (χ1n) is 6.38. The van der Waals surface area contributed by atoms with Gasteiger partial charge in [-0.2, -0.15) is 0 Å². The molecule has 0 aliphatic heterocycles. The van der Waals surface area contributed by atoms with Crippen molar-refractivity contribution in [1.29, 1.82) is 0 Å². The van der Waals surface area contributed by atoms with Gasteiger partial charge in [0.1, 0.15) is 0 Å². The van der Waals surface area contributed by atoms with Gasteiger partial charge in [0.25, 0.3) is 0 Å². The first-order chi connectivity index (χ1) is 9.54. The molecule has 0 atom stereocenters. The lowest BCUT2D eigenvalue weighted by Crippen LogP contribution is -2.30. The zero-order chi connectivity index (χ0) is 14.5. The van der Waals surface area contributed by atoms with Crippen molar-refractivity contribution in [3.8, 4) is 0 Å². The second kappa shape index (κ2) is 6.73. The minimum Gasteiger partial charge on any atom is -0.348 e. The fraction of sp³-hybridized carbons (Fsp3) is 0.188. The maximum absolute atomic E-state index is 5.99. The molecule has 0 bridgehead atoms. The molecule has 0 aliphatic carbocycles. The van der Waals surface area contributed by atoms with Gasteiger partial charge < -0.3 is 10.2 Å². The van der Waals surface area contributed by atoms with E-state index >= 15 is 0 Å². The molecule has 104 valence electrons. The number of hydrogen-bond acceptors (Lipinski definition) is 1. The average Bonchev–Trinajstić information content (AvgIpc) is 2.41. The molecule has 0 fully saturated rings. The molecule has 2 aromatic carbocycles. The van der Waals surface area contributed by atoms with Crippen molar-refractivity contribution >= 4 is 34.6 Å². The van der Waals surface area contributed by atoms with Crippen LogP contribution in [-0.4, -0.2) is 17.1 Å². The van der Waals surface area contributed by atoms with E-state index in [1.807, 2.05) is 48.3 Å². The third kappa shape index (κ3) is 4.22. The van der Waals surface area contributed by atoms with E-state index in [4.69, 9.17) is 23.8 Å². The lowest BCUT2D eigenvalue weighted by atomic mass is 10.2. The molecule has 0 unspecified atom stereocenters. The van der Waals surface area contributed by atoms with Crippen LogP contribution in [0.5, 0.6) is 0 Å². The summed E-state index contributed by atoms with van der Waals surface area (Å²) in [7, 11) is 1.96. The van der Waals surface area contributed by atoms with Crippen molar-refractivity contribution in [2.24, 2.45) is 0 Å². The molecular weight excluding hydrogens is 288 g/mol. The minimum absolute atomic E-state index is 0.689. The number of anilines is 1. The first-order valence-corrected chi connectivity index (χ1v) is 7.16. The van der Waals surface area contributed by atoms with Crippen molar-refractivity contribution in [2.45, 2.75) is 13.5 Å². The molecule has 4 heteroatoms. The number of aryl methyl sites for hydroxylation is 1. The number of rotatable bonds is 3. The number of hydrogen-bond donors (Lipinski definition) is 1. The Labute approximate surface area is 130 Å². The summed E-state index contributed by atoms with van der Waals surface area (Å²) in [4.78, 5) is 1.99. The largest absolute Gasteiger partial charge is 0.348 e. The number of benzene rings is 2. The monoisotopic (exact) mass is 304 g/mol. The van der Waals surface area contributed by atoms with E-state index in [-0.39, 0.29) is 0 Å². The van der Waals surface area contributed by atoms with E-state index in [0.717, 1.165) is 22.8 Å². The van der Waals surface area contributed by atoms with Crippen LogP contribution >= 0.6 is 23.8 Å². The Hall–Kier alpha value is -1.58. The van der Waals surface area contributed by atoms with Crippen LogP contribution in [0.25, 0.3) is 0 Å². The highest BCUT2D eigenvalue weighted by molar-refractivity contribution is 7.80. The summed E-state index contributed by atoms with van der Waals surface area (Å²) in [5.74, 6) is 0. The summed E-state index contributed by atoms with van der Waals surface area (Å²) in [6, 6.07) is 16.0. The molecule has 0 aromatic heterocycles. The maximum Gasteiger partial charge on any atom is 0.173 e. The van der Waals surface area contributed by atoms with Gasteiger partial charge in [0.05, 0.1) is 0 Å². The predicted molar refractivity (Wildman–Crippen MR) is 90.3 cm³/mol. The summed E-state index contributed by atoms with van der Waals surface area (Å²) < 4.78 is 0. The Morgan fingerprint density at radius 2 is 1.90 bits per heavy atom. The third-order valence-electron chi connectivity index (χ3n) is 2.96. The van der Waals surface area contributed by atoms with Gasteiger partial charge in [0, 0.05) is 24.3 Å². The average molecular weight is 305 g/mol. The summed E-state index contributed by atoms with van der Waals surface area (Å²) in [6.45, 7) is 2.78. The van der Waals surface area contributed by atoms with Gasteiger partial charge in [-0.15, -0.1) is 0 Å². The van der Waals surface area contributed by atoms with Gasteiger partial charge in [-0.25, -0.2) is 0 Å². The summed E-state index contributed by atoms with van der Waals surface area (Å²) >= 11 is 11.4. The first kappa shape index (κ1) is 14.8. The van der Waals surface area contributed by atoms with Gasteiger partial charge in [0.2, 0.25) is 0 Å². The molecule has 0 amide bonds. The maximum atomic E-state index is 5.99. The summed E-state index contributed by atoms with van der Waals surface area (Å²) in [5, 5.41) is 4.66. The fourth-order valence-corrected chi connectivity index (χ4v) is 2.23. The van der Waals surface area contributed by atoms with Gasteiger partial charge in [0.15, 0.2) is 5.11 Å². The Bertz CT molecular complexity index is 596. The van der Waals surface area contributed by atoms with Crippen LogP contribution < -0.4 is 5.32 Å². The number of thiocarbonyl (C=S) groups is 1. The van der Waals surface area contributed by atoms with Crippen LogP contribution in [0.2, 0.25) is 5.02 Å². The molecule has 2 nitrogen and oxygen atoms in total. The Balaban J connectivity index is 1.96. The van der Waals surface area contributed by atoms with Crippen LogP contribution in [-0.2, 0) is 6.54 Å². The molecule has 0 spiro atoms. The quantitative estimate of drug-likeness (QED) is 0.842. The fourth-order valence-electron chi connectivity index (χ4n) is 1.84. The van der Waals surface area contributed by atoms with Crippen molar-refractivity contribution in [1.82, 2.24) is 4.90 Å². The topological polar surface area (TPSA) is 15.3 Å². The van der Waals surface area contributed by atoms with E-state index in [1.165, 1.54) is 5.56 Å². The molecule has 0 saturated carbocycles. The van der Waals surface area contributed by atoms with Crippen molar-refractivity contribution < 1.29 is 0 Å². The van der Waals surface area contributed by atoms with Crippen LogP contribution in [0, 0.1) is 6.92 Å². The zero-order valence-corrected chi connectivity index (χ0v) is 13.1. The van der Waals surface area contributed by atoms with E-state index in [2.05, 4.69) is 24.4 Å². The highest BCUT2D eigenvalue weighted by atomic mass is 35.5. The second-order valence-electron chi connectivity index (χ2n) is 4.78. The lowest BCUT2D eigenvalue weighted by molar-refractivity contribution is 0.508.